The highest BCUT2D eigenvalue weighted by Crippen LogP contribution is 2.29. The first-order valence-corrected chi connectivity index (χ1v) is 13.5. The predicted molar refractivity (Wildman–Crippen MR) is 144 cm³/mol. The summed E-state index contributed by atoms with van der Waals surface area (Å²) in [5, 5.41) is 10.1. The van der Waals surface area contributed by atoms with Gasteiger partial charge >= 0.3 is 12.1 Å². The number of unbranched alkanes of at least 4 members (excludes halogenated alkanes) is 2. The van der Waals surface area contributed by atoms with Crippen LogP contribution in [0.3, 0.4) is 0 Å². The third-order valence-electron chi connectivity index (χ3n) is 7.55. The zero-order valence-corrected chi connectivity index (χ0v) is 22.5. The van der Waals surface area contributed by atoms with E-state index in [1.807, 2.05) is 43.4 Å². The average Bonchev–Trinajstić information content (AvgIpc) is 3.37. The van der Waals surface area contributed by atoms with Gasteiger partial charge in [-0.25, -0.2) is 14.6 Å². The maximum absolute atomic E-state index is 12.6. The van der Waals surface area contributed by atoms with E-state index in [1.54, 1.807) is 0 Å². The number of likely N-dealkylation sites (N-methyl/N-ethyl adjacent to an activating group) is 1. The molecule has 37 heavy (non-hydrogen) atoms. The van der Waals surface area contributed by atoms with Gasteiger partial charge in [0, 0.05) is 29.8 Å². The number of nitrogens with zero attached hydrogens (tertiary/aromatic N) is 4. The highest BCUT2D eigenvalue weighted by molar-refractivity contribution is 6.30. The van der Waals surface area contributed by atoms with Crippen molar-refractivity contribution in [1.82, 2.24) is 14.8 Å². The molecule has 0 spiro atoms. The van der Waals surface area contributed by atoms with Crippen LogP contribution in [-0.4, -0.2) is 78.3 Å². The number of anilines is 1. The Kier molecular flexibility index (Phi) is 9.40. The van der Waals surface area contributed by atoms with Crippen LogP contribution in [0.5, 0.6) is 0 Å². The van der Waals surface area contributed by atoms with E-state index < -0.39 is 12.1 Å². The number of pyridine rings is 1. The van der Waals surface area contributed by atoms with Crippen molar-refractivity contribution in [1.29, 1.82) is 0 Å². The summed E-state index contributed by atoms with van der Waals surface area (Å²) in [6, 6.07) is 11.3. The molecule has 0 bridgehead atoms. The van der Waals surface area contributed by atoms with Crippen LogP contribution in [0.15, 0.2) is 36.4 Å². The number of carbonyl (C=O) groups is 2. The Labute approximate surface area is 224 Å². The molecule has 1 saturated heterocycles. The second-order valence-electron chi connectivity index (χ2n) is 10.0. The number of methoxy groups -OCH3 is 1. The lowest BCUT2D eigenvalue weighted by atomic mass is 10.0. The van der Waals surface area contributed by atoms with Gasteiger partial charge in [0.05, 0.1) is 7.11 Å². The molecule has 3 heterocycles. The van der Waals surface area contributed by atoms with Crippen molar-refractivity contribution in [2.75, 3.05) is 45.2 Å². The molecule has 1 aromatic heterocycles. The second kappa shape index (κ2) is 12.7. The zero-order chi connectivity index (χ0) is 26.4. The maximum Gasteiger partial charge on any atom is 0.413 e. The van der Waals surface area contributed by atoms with E-state index in [-0.39, 0.29) is 12.0 Å². The summed E-state index contributed by atoms with van der Waals surface area (Å²) >= 11 is 6.19. The second-order valence-corrected chi connectivity index (χ2v) is 10.5. The van der Waals surface area contributed by atoms with Gasteiger partial charge in [-0.15, -0.1) is 0 Å². The first-order chi connectivity index (χ1) is 17.9. The number of carboxylic acid groups (broad SMARTS) is 1. The Morgan fingerprint density at radius 1 is 1.22 bits per heavy atom. The molecule has 0 aliphatic carbocycles. The number of aryl methyl sites for hydroxylation is 2. The van der Waals surface area contributed by atoms with E-state index >= 15 is 0 Å². The first kappa shape index (κ1) is 27.4. The molecule has 0 saturated carbocycles. The van der Waals surface area contributed by atoms with E-state index in [0.29, 0.717) is 17.4 Å². The third-order valence-corrected chi connectivity index (χ3v) is 7.79. The number of likely N-dealkylation sites (tertiary alicyclic amines) is 1. The minimum Gasteiger partial charge on any atom is -0.468 e. The molecule has 1 fully saturated rings. The molecular formula is C28H37ClN4O4. The maximum atomic E-state index is 12.6. The van der Waals surface area contributed by atoms with Crippen LogP contribution in [0, 0.1) is 0 Å². The van der Waals surface area contributed by atoms with Crippen molar-refractivity contribution in [2.45, 2.75) is 57.0 Å². The molecule has 1 N–H and O–H groups in total. The SMILES string of the molecule is COC(=O)C(c1cccc(Cl)c1)N(C)[C@H]1CCN(CCCCCc2ccc3c(n2)N(C(=O)O)CCC3)C1. The number of esters is 1. The van der Waals surface area contributed by atoms with Crippen LogP contribution in [0.1, 0.15) is 55.0 Å². The highest BCUT2D eigenvalue weighted by Gasteiger charge is 2.34. The molecule has 200 valence electrons. The fraction of sp³-hybridized carbons (Fsp3) is 0.536. The van der Waals surface area contributed by atoms with Crippen molar-refractivity contribution in [3.63, 3.8) is 0 Å². The summed E-state index contributed by atoms with van der Waals surface area (Å²) in [6.45, 7) is 3.47. The van der Waals surface area contributed by atoms with Gasteiger partial charge in [-0.1, -0.05) is 36.2 Å². The number of benzene rings is 1. The first-order valence-electron chi connectivity index (χ1n) is 13.1. The average molecular weight is 529 g/mol. The molecule has 1 unspecified atom stereocenters. The highest BCUT2D eigenvalue weighted by atomic mass is 35.5. The molecular weight excluding hydrogens is 492 g/mol. The van der Waals surface area contributed by atoms with Gasteiger partial charge in [0.1, 0.15) is 11.9 Å². The topological polar surface area (TPSA) is 86.2 Å². The Hall–Kier alpha value is -2.68. The van der Waals surface area contributed by atoms with Gasteiger partial charge in [-0.05, 0) is 88.0 Å². The molecule has 1 aromatic carbocycles. The Morgan fingerprint density at radius 2 is 2.05 bits per heavy atom. The number of hydrogen-bond donors (Lipinski definition) is 1. The lowest BCUT2D eigenvalue weighted by Crippen LogP contribution is -2.41. The molecule has 2 aromatic rings. The Balaban J connectivity index is 1.23. The van der Waals surface area contributed by atoms with Gasteiger partial charge in [0.15, 0.2) is 0 Å². The lowest BCUT2D eigenvalue weighted by Gasteiger charge is -2.31. The summed E-state index contributed by atoms with van der Waals surface area (Å²) < 4.78 is 5.12. The smallest absolute Gasteiger partial charge is 0.413 e. The molecule has 2 aliphatic heterocycles. The fourth-order valence-electron chi connectivity index (χ4n) is 5.51. The summed E-state index contributed by atoms with van der Waals surface area (Å²) in [4.78, 5) is 34.8. The van der Waals surface area contributed by atoms with Crippen LogP contribution in [0.4, 0.5) is 10.6 Å². The summed E-state index contributed by atoms with van der Waals surface area (Å²) in [5.41, 5.74) is 2.84. The van der Waals surface area contributed by atoms with E-state index in [0.717, 1.165) is 81.4 Å². The Morgan fingerprint density at radius 3 is 2.81 bits per heavy atom. The van der Waals surface area contributed by atoms with Gasteiger partial charge in [-0.2, -0.15) is 0 Å². The van der Waals surface area contributed by atoms with Gasteiger partial charge in [0.25, 0.3) is 0 Å². The van der Waals surface area contributed by atoms with Crippen molar-refractivity contribution in [2.24, 2.45) is 0 Å². The minimum absolute atomic E-state index is 0.264. The number of carbonyl (C=O) groups excluding carboxylic acids is 1. The largest absolute Gasteiger partial charge is 0.468 e. The molecule has 2 aliphatic rings. The van der Waals surface area contributed by atoms with E-state index in [4.69, 9.17) is 16.3 Å². The summed E-state index contributed by atoms with van der Waals surface area (Å²) in [7, 11) is 3.42. The molecule has 2 atom stereocenters. The number of rotatable bonds is 10. The fourth-order valence-corrected chi connectivity index (χ4v) is 5.71. The number of fused-ring (bicyclic) bond motifs is 1. The molecule has 9 heteroatoms. The van der Waals surface area contributed by atoms with Crippen molar-refractivity contribution >= 4 is 29.5 Å². The van der Waals surface area contributed by atoms with Gasteiger partial charge in [0.2, 0.25) is 0 Å². The number of ether oxygens (including phenoxy) is 1. The molecule has 4 rings (SSSR count). The number of amides is 1. The standard InChI is InChI=1S/C28H37ClN4O4/c1-31(25(27(34)37-2)21-8-6-10-22(29)18-21)24-14-17-32(19-24)15-5-3-4-11-23-13-12-20-9-7-16-33(28(35)36)26(20)30-23/h6,8,10,12-13,18,24-25H,3-5,7,9,11,14-17,19H2,1-2H3,(H,35,36)/t24-,25?/m0/s1. The van der Waals surface area contributed by atoms with E-state index in [1.165, 1.54) is 12.0 Å². The van der Waals surface area contributed by atoms with Crippen molar-refractivity contribution in [3.8, 4) is 0 Å². The van der Waals surface area contributed by atoms with Crippen molar-refractivity contribution in [3.05, 3.63) is 58.2 Å². The normalized spacial score (nSPS) is 18.6. The van der Waals surface area contributed by atoms with E-state index in [9.17, 15) is 14.7 Å². The summed E-state index contributed by atoms with van der Waals surface area (Å²) in [6.07, 6.45) is 5.87. The van der Waals surface area contributed by atoms with Crippen LogP contribution >= 0.6 is 11.6 Å². The van der Waals surface area contributed by atoms with Crippen LogP contribution < -0.4 is 4.90 Å². The third kappa shape index (κ3) is 6.80. The lowest BCUT2D eigenvalue weighted by molar-refractivity contribution is -0.147. The predicted octanol–water partition coefficient (Wildman–Crippen LogP) is 4.80. The van der Waals surface area contributed by atoms with Crippen LogP contribution in [-0.2, 0) is 22.4 Å². The van der Waals surface area contributed by atoms with Gasteiger partial charge < -0.3 is 14.7 Å². The van der Waals surface area contributed by atoms with Gasteiger partial charge in [-0.3, -0.25) is 9.80 Å². The zero-order valence-electron chi connectivity index (χ0n) is 21.7. The van der Waals surface area contributed by atoms with E-state index in [2.05, 4.69) is 14.8 Å². The summed E-state index contributed by atoms with van der Waals surface area (Å²) in [5.74, 6) is 0.344. The van der Waals surface area contributed by atoms with Crippen LogP contribution in [0.25, 0.3) is 0 Å². The van der Waals surface area contributed by atoms with Crippen molar-refractivity contribution < 1.29 is 19.4 Å². The molecule has 1 amide bonds. The number of aromatic nitrogens is 1. The van der Waals surface area contributed by atoms with Crippen LogP contribution in [0.2, 0.25) is 5.02 Å². The molecule has 0 radical (unpaired) electrons. The number of halogens is 1. The monoisotopic (exact) mass is 528 g/mol. The Bertz CT molecular complexity index is 1100. The number of hydrogen-bond acceptors (Lipinski definition) is 6. The molecule has 8 nitrogen and oxygen atoms in total. The quantitative estimate of drug-likeness (QED) is 0.350. The minimum atomic E-state index is -0.925.